The van der Waals surface area contributed by atoms with Gasteiger partial charge in [-0.15, -0.1) is 0 Å². The zero-order chi connectivity index (χ0) is 15.0. The first-order chi connectivity index (χ1) is 9.52. The molecule has 2 nitrogen and oxygen atoms in total. The number of rotatable bonds is 2. The van der Waals surface area contributed by atoms with Crippen LogP contribution in [0.2, 0.25) is 0 Å². The number of nitrogens with one attached hydrogen (secondary N) is 1. The van der Waals surface area contributed by atoms with E-state index in [-0.39, 0.29) is 63.2 Å². The molecular formula is C18H20NOVY-. The quantitative estimate of drug-likeness (QED) is 0.760. The van der Waals surface area contributed by atoms with Gasteiger partial charge in [0.2, 0.25) is 5.91 Å². The summed E-state index contributed by atoms with van der Waals surface area (Å²) in [6.07, 6.45) is 0. The fraction of sp³-hybridized carbons (Fsp3) is 0.222. The molecule has 4 heteroatoms. The predicted octanol–water partition coefficient (Wildman–Crippen LogP) is 3.54. The van der Waals surface area contributed by atoms with Gasteiger partial charge >= 0.3 is 18.6 Å². The molecule has 0 aliphatic rings. The minimum Gasteiger partial charge on any atom is -0.379 e. The van der Waals surface area contributed by atoms with E-state index >= 15 is 0 Å². The van der Waals surface area contributed by atoms with Gasteiger partial charge in [0.1, 0.15) is 0 Å². The topological polar surface area (TPSA) is 29.1 Å². The van der Waals surface area contributed by atoms with Gasteiger partial charge in [0.05, 0.1) is 0 Å². The molecule has 0 aliphatic heterocycles. The van der Waals surface area contributed by atoms with Crippen molar-refractivity contribution < 1.29 is 56.1 Å². The number of benzene rings is 2. The molecule has 0 spiro atoms. The van der Waals surface area contributed by atoms with Gasteiger partial charge in [-0.05, 0) is 25.0 Å². The fourth-order valence-corrected chi connectivity index (χ4v) is 1.77. The van der Waals surface area contributed by atoms with E-state index in [9.17, 15) is 4.79 Å². The molecule has 2 aromatic rings. The van der Waals surface area contributed by atoms with E-state index in [1.165, 1.54) is 0 Å². The Bertz CT molecular complexity index is 497. The summed E-state index contributed by atoms with van der Waals surface area (Å²) in [7, 11) is 0. The standard InChI is InChI=1S/C12H16NO.C6H4.V.Y/c1-8(2)13-12(14)11-9(3)6-5-7-10(11)4;1-2-4-6-5-3-1;;/h5-8H,1H2,2-4H3,(H,13,14);1-2,5-6H;;/q-1;-2;+2;/t8-;;;/m0.../s1. The maximum atomic E-state index is 11.7. The smallest absolute Gasteiger partial charge is 0.379 e. The van der Waals surface area contributed by atoms with Gasteiger partial charge in [0.25, 0.3) is 0 Å². The van der Waals surface area contributed by atoms with Crippen LogP contribution in [0.15, 0.2) is 42.5 Å². The van der Waals surface area contributed by atoms with E-state index in [4.69, 9.17) is 0 Å². The molecule has 1 atom stereocenters. The summed E-state index contributed by atoms with van der Waals surface area (Å²) in [5, 5.41) is 2.79. The van der Waals surface area contributed by atoms with Gasteiger partial charge < -0.3 is 24.4 Å². The van der Waals surface area contributed by atoms with Gasteiger partial charge in [0, 0.05) is 38.3 Å². The third-order valence-corrected chi connectivity index (χ3v) is 2.64. The van der Waals surface area contributed by atoms with Crippen molar-refractivity contribution in [3.63, 3.8) is 0 Å². The van der Waals surface area contributed by atoms with Crippen molar-refractivity contribution in [2.45, 2.75) is 26.8 Å². The van der Waals surface area contributed by atoms with E-state index < -0.39 is 0 Å². The number of aryl methyl sites for hydroxylation is 2. The first kappa shape index (κ1) is 23.9. The van der Waals surface area contributed by atoms with Crippen LogP contribution in [0.1, 0.15) is 28.4 Å². The first-order valence-electron chi connectivity index (χ1n) is 6.54. The second-order valence-corrected chi connectivity index (χ2v) is 4.64. The van der Waals surface area contributed by atoms with Crippen LogP contribution in [0.25, 0.3) is 0 Å². The summed E-state index contributed by atoms with van der Waals surface area (Å²) in [6.45, 7) is 9.46. The SMILES string of the molecule is [CH2-][C@@H](C)NC(=O)c1c(C)cccc1C.[V+2].[Y].[c-]1cc[c-]cc1. The molecule has 0 saturated heterocycles. The molecule has 1 amide bonds. The third kappa shape index (κ3) is 8.90. The van der Waals surface area contributed by atoms with Crippen LogP contribution in [0, 0.1) is 32.9 Å². The Kier molecular flexibility index (Phi) is 14.2. The Hall–Kier alpha value is -0.402. The first-order valence-corrected chi connectivity index (χ1v) is 6.54. The molecule has 2 rings (SSSR count). The molecule has 0 aromatic heterocycles. The average molecular weight is 406 g/mol. The molecule has 0 unspecified atom stereocenters. The molecule has 0 aliphatic carbocycles. The van der Waals surface area contributed by atoms with E-state index in [2.05, 4.69) is 24.4 Å². The van der Waals surface area contributed by atoms with Crippen molar-refractivity contribution in [1.29, 1.82) is 0 Å². The number of carbonyl (C=O) groups excluding carboxylic acids is 1. The Balaban J connectivity index is 0. The van der Waals surface area contributed by atoms with Crippen molar-refractivity contribution in [2.75, 3.05) is 0 Å². The maximum absolute atomic E-state index is 11.7. The average Bonchev–Trinajstić information content (AvgIpc) is 2.40. The molecule has 112 valence electrons. The molecule has 2 aromatic carbocycles. The summed E-state index contributed by atoms with van der Waals surface area (Å²) < 4.78 is 0. The number of hydrogen-bond donors (Lipinski definition) is 1. The van der Waals surface area contributed by atoms with Crippen LogP contribution >= 0.6 is 0 Å². The number of carbonyl (C=O) groups is 1. The summed E-state index contributed by atoms with van der Waals surface area (Å²) >= 11 is 0. The second-order valence-electron chi connectivity index (χ2n) is 4.64. The maximum Gasteiger partial charge on any atom is 2.00 e. The summed E-state index contributed by atoms with van der Waals surface area (Å²) in [5.74, 6) is -0.0388. The third-order valence-electron chi connectivity index (χ3n) is 2.64. The van der Waals surface area contributed by atoms with E-state index in [0.29, 0.717) is 0 Å². The summed E-state index contributed by atoms with van der Waals surface area (Å²) in [5.41, 5.74) is 2.77. The van der Waals surface area contributed by atoms with Crippen molar-refractivity contribution in [3.05, 3.63) is 78.2 Å². The normalized spacial score (nSPS) is 10.0. The zero-order valence-electron chi connectivity index (χ0n) is 13.3. The van der Waals surface area contributed by atoms with Crippen LogP contribution in [0.5, 0.6) is 0 Å². The van der Waals surface area contributed by atoms with E-state index in [0.717, 1.165) is 16.7 Å². The van der Waals surface area contributed by atoms with Gasteiger partial charge in [-0.2, -0.15) is 0 Å². The minimum atomic E-state index is -0.0680. The van der Waals surface area contributed by atoms with Crippen LogP contribution in [0.3, 0.4) is 0 Å². The Morgan fingerprint density at radius 3 is 1.82 bits per heavy atom. The van der Waals surface area contributed by atoms with Gasteiger partial charge in [-0.1, -0.05) is 31.2 Å². The van der Waals surface area contributed by atoms with E-state index in [1.807, 2.05) is 63.2 Å². The number of amides is 1. The second kappa shape index (κ2) is 13.1. The monoisotopic (exact) mass is 406 g/mol. The largest absolute Gasteiger partial charge is 2.00 e. The van der Waals surface area contributed by atoms with E-state index in [1.54, 1.807) is 0 Å². The Labute approximate surface area is 171 Å². The molecule has 0 heterocycles. The van der Waals surface area contributed by atoms with Crippen molar-refractivity contribution in [2.24, 2.45) is 0 Å². The van der Waals surface area contributed by atoms with Crippen LogP contribution < -0.4 is 5.32 Å². The Morgan fingerprint density at radius 2 is 1.50 bits per heavy atom. The molecular weight excluding hydrogens is 386 g/mol. The minimum absolute atomic E-state index is 0. The van der Waals surface area contributed by atoms with Gasteiger partial charge in [-0.3, -0.25) is 29.1 Å². The zero-order valence-corrected chi connectivity index (χ0v) is 17.5. The molecule has 22 heavy (non-hydrogen) atoms. The molecule has 0 fully saturated rings. The van der Waals surface area contributed by atoms with Crippen molar-refractivity contribution >= 4 is 5.91 Å². The molecule has 0 bridgehead atoms. The van der Waals surface area contributed by atoms with Gasteiger partial charge in [0.15, 0.2) is 0 Å². The number of hydrogen-bond acceptors (Lipinski definition) is 1. The van der Waals surface area contributed by atoms with Crippen LogP contribution in [0.4, 0.5) is 0 Å². The van der Waals surface area contributed by atoms with Crippen LogP contribution in [-0.2, 0) is 51.3 Å². The van der Waals surface area contributed by atoms with Crippen molar-refractivity contribution in [1.82, 2.24) is 5.32 Å². The van der Waals surface area contributed by atoms with Crippen LogP contribution in [-0.4, -0.2) is 11.9 Å². The Morgan fingerprint density at radius 1 is 1.09 bits per heavy atom. The summed E-state index contributed by atoms with van der Waals surface area (Å²) in [4.78, 5) is 11.7. The summed E-state index contributed by atoms with van der Waals surface area (Å²) in [6, 6.07) is 18.8. The van der Waals surface area contributed by atoms with Gasteiger partial charge in [-0.25, -0.2) is 0 Å². The fourth-order valence-electron chi connectivity index (χ4n) is 1.77. The molecule has 1 N–H and O–H groups in total. The molecule has 2 radical (unpaired) electrons. The predicted molar refractivity (Wildman–Crippen MR) is 82.3 cm³/mol. The van der Waals surface area contributed by atoms with Crippen molar-refractivity contribution in [3.8, 4) is 0 Å². The molecule has 0 saturated carbocycles.